The van der Waals surface area contributed by atoms with Crippen LogP contribution in [0.5, 0.6) is 0 Å². The van der Waals surface area contributed by atoms with Crippen LogP contribution in [0, 0.1) is 11.3 Å². The number of imidazole rings is 1. The maximum absolute atomic E-state index is 8.28. The normalized spacial score (nSPS) is 16.4. The van der Waals surface area contributed by atoms with Crippen LogP contribution in [-0.2, 0) is 16.0 Å². The summed E-state index contributed by atoms with van der Waals surface area (Å²) in [6, 6.07) is 18.3. The standard InChI is InChI=1S/C25H24BrN5O2S/c1-15(2)18(16-8-4-3-5-9-16)12-31-14-28-22(27)21-23(31)30-25(29-21)34-20-13-32-24(33-20)17-10-6-7-11-19(17)26/h3-11,13-15,18,24,27H,12H2,1-2H3,(H,29,30). The highest BCUT2D eigenvalue weighted by atomic mass is 79.9. The second-order valence-electron chi connectivity index (χ2n) is 8.39. The lowest BCUT2D eigenvalue weighted by Gasteiger charge is -2.22. The molecule has 0 amide bonds. The molecule has 9 heteroatoms. The Balaban J connectivity index is 1.39. The first-order chi connectivity index (χ1) is 16.5. The number of fused-ring (bicyclic) bond motifs is 1. The minimum atomic E-state index is -0.515. The summed E-state index contributed by atoms with van der Waals surface area (Å²) in [4.78, 5) is 12.3. The van der Waals surface area contributed by atoms with Gasteiger partial charge in [-0.15, -0.1) is 0 Å². The number of benzene rings is 2. The van der Waals surface area contributed by atoms with Gasteiger partial charge in [0, 0.05) is 22.5 Å². The van der Waals surface area contributed by atoms with Gasteiger partial charge >= 0.3 is 0 Å². The van der Waals surface area contributed by atoms with E-state index in [1.165, 1.54) is 17.3 Å². The molecule has 0 aliphatic carbocycles. The monoisotopic (exact) mass is 537 g/mol. The molecule has 2 unspecified atom stereocenters. The minimum absolute atomic E-state index is 0.162. The maximum atomic E-state index is 8.28. The van der Waals surface area contributed by atoms with Gasteiger partial charge in [0.25, 0.3) is 6.29 Å². The highest BCUT2D eigenvalue weighted by Gasteiger charge is 2.25. The molecule has 3 heterocycles. The molecule has 0 spiro atoms. The summed E-state index contributed by atoms with van der Waals surface area (Å²) in [5.41, 5.74) is 3.65. The Morgan fingerprint density at radius 2 is 1.91 bits per heavy atom. The molecule has 5 rings (SSSR count). The molecule has 0 fully saturated rings. The third-order valence-corrected chi connectivity index (χ3v) is 7.29. The van der Waals surface area contributed by atoms with Gasteiger partial charge < -0.3 is 19.0 Å². The number of nitrogens with zero attached hydrogens (tertiary/aromatic N) is 3. The number of hydrogen-bond acceptors (Lipinski definition) is 6. The number of rotatable bonds is 7. The van der Waals surface area contributed by atoms with Crippen molar-refractivity contribution in [2.75, 3.05) is 0 Å². The summed E-state index contributed by atoms with van der Waals surface area (Å²) < 4.78 is 14.7. The molecule has 174 valence electrons. The summed E-state index contributed by atoms with van der Waals surface area (Å²) in [7, 11) is 0. The van der Waals surface area contributed by atoms with E-state index in [1.807, 2.05) is 34.9 Å². The Kier molecular flexibility index (Phi) is 6.47. The van der Waals surface area contributed by atoms with Crippen LogP contribution < -0.4 is 5.49 Å². The van der Waals surface area contributed by atoms with Crippen LogP contribution in [0.2, 0.25) is 0 Å². The van der Waals surface area contributed by atoms with Crippen LogP contribution in [-0.4, -0.2) is 19.5 Å². The molecule has 2 atom stereocenters. The molecule has 1 aliphatic rings. The summed E-state index contributed by atoms with van der Waals surface area (Å²) >= 11 is 4.87. The smallest absolute Gasteiger partial charge is 0.268 e. The fourth-order valence-corrected chi connectivity index (χ4v) is 5.17. The fourth-order valence-electron chi connectivity index (χ4n) is 3.98. The third-order valence-electron chi connectivity index (χ3n) is 5.79. The van der Waals surface area contributed by atoms with Crippen LogP contribution >= 0.6 is 27.7 Å². The van der Waals surface area contributed by atoms with Crippen molar-refractivity contribution in [1.82, 2.24) is 19.5 Å². The van der Waals surface area contributed by atoms with Crippen molar-refractivity contribution < 1.29 is 9.47 Å². The first-order valence-electron chi connectivity index (χ1n) is 11.0. The van der Waals surface area contributed by atoms with Gasteiger partial charge in [-0.2, -0.15) is 0 Å². The van der Waals surface area contributed by atoms with Crippen molar-refractivity contribution in [2.45, 2.75) is 37.8 Å². The summed E-state index contributed by atoms with van der Waals surface area (Å²) in [5.74, 6) is 0.719. The highest BCUT2D eigenvalue weighted by Crippen LogP contribution is 2.39. The first-order valence-corrected chi connectivity index (χ1v) is 12.6. The lowest BCUT2D eigenvalue weighted by molar-refractivity contribution is -0.0278. The van der Waals surface area contributed by atoms with E-state index < -0.39 is 6.29 Å². The van der Waals surface area contributed by atoms with E-state index in [0.717, 1.165) is 10.0 Å². The topological polar surface area (TPSA) is 88.8 Å². The number of aromatic nitrogens is 4. The summed E-state index contributed by atoms with van der Waals surface area (Å²) in [5, 5.41) is 9.49. The quantitative estimate of drug-likeness (QED) is 0.298. The second kappa shape index (κ2) is 9.68. The van der Waals surface area contributed by atoms with Crippen molar-refractivity contribution in [3.63, 3.8) is 0 Å². The largest absolute Gasteiger partial charge is 0.454 e. The van der Waals surface area contributed by atoms with E-state index in [9.17, 15) is 0 Å². The van der Waals surface area contributed by atoms with Gasteiger partial charge in [-0.25, -0.2) is 9.97 Å². The van der Waals surface area contributed by atoms with Gasteiger partial charge in [-0.3, -0.25) is 5.41 Å². The number of nitrogens with one attached hydrogen (secondary N) is 2. The van der Waals surface area contributed by atoms with Crippen LogP contribution in [0.4, 0.5) is 0 Å². The molecule has 34 heavy (non-hydrogen) atoms. The average Bonchev–Trinajstić information content (AvgIpc) is 3.47. The Bertz CT molecular complexity index is 1400. The molecule has 0 saturated carbocycles. The Morgan fingerprint density at radius 3 is 2.68 bits per heavy atom. The van der Waals surface area contributed by atoms with Gasteiger partial charge in [0.2, 0.25) is 5.09 Å². The summed E-state index contributed by atoms with van der Waals surface area (Å²) in [6.07, 6.45) is 2.79. The molecular formula is C25H24BrN5O2S. The summed E-state index contributed by atoms with van der Waals surface area (Å²) in [6.45, 7) is 5.16. The van der Waals surface area contributed by atoms with Gasteiger partial charge in [0.1, 0.15) is 11.8 Å². The molecule has 2 N–H and O–H groups in total. The van der Waals surface area contributed by atoms with Crippen LogP contribution in [0.3, 0.4) is 0 Å². The van der Waals surface area contributed by atoms with Crippen molar-refractivity contribution >= 4 is 38.9 Å². The third kappa shape index (κ3) is 4.63. The van der Waals surface area contributed by atoms with Crippen LogP contribution in [0.15, 0.2) is 81.9 Å². The Morgan fingerprint density at radius 1 is 1.15 bits per heavy atom. The molecule has 7 nitrogen and oxygen atoms in total. The van der Waals surface area contributed by atoms with Gasteiger partial charge in [0.15, 0.2) is 16.3 Å². The number of thioether (sulfide) groups is 1. The lowest BCUT2D eigenvalue weighted by atomic mass is 9.88. The van der Waals surface area contributed by atoms with E-state index in [0.29, 0.717) is 39.8 Å². The average molecular weight is 538 g/mol. The zero-order chi connectivity index (χ0) is 23.7. The maximum Gasteiger partial charge on any atom is 0.268 e. The van der Waals surface area contributed by atoms with Crippen molar-refractivity contribution in [3.05, 3.63) is 93.4 Å². The number of aromatic amines is 1. The highest BCUT2D eigenvalue weighted by molar-refractivity contribution is 9.10. The predicted molar refractivity (Wildman–Crippen MR) is 135 cm³/mol. The minimum Gasteiger partial charge on any atom is -0.454 e. The van der Waals surface area contributed by atoms with Gasteiger partial charge in [-0.1, -0.05) is 78.3 Å². The number of hydrogen-bond donors (Lipinski definition) is 2. The van der Waals surface area contributed by atoms with E-state index in [2.05, 4.69) is 64.0 Å². The fraction of sp³-hybridized carbons (Fsp3) is 0.240. The SMILES string of the molecule is CC(C)C(Cn1cnc(=N)c2[nH]c(SC3=COC(c4ccccc4Br)O3)nc21)c1ccccc1. The molecule has 0 radical (unpaired) electrons. The number of halogens is 1. The zero-order valence-electron chi connectivity index (χ0n) is 18.7. The lowest BCUT2D eigenvalue weighted by Crippen LogP contribution is -2.19. The van der Waals surface area contributed by atoms with Crippen molar-refractivity contribution in [3.8, 4) is 0 Å². The van der Waals surface area contributed by atoms with Crippen molar-refractivity contribution in [2.24, 2.45) is 5.92 Å². The Hall–Kier alpha value is -3.04. The Labute approximate surface area is 209 Å². The second-order valence-corrected chi connectivity index (χ2v) is 10.2. The molecule has 2 aromatic carbocycles. The van der Waals surface area contributed by atoms with E-state index in [4.69, 9.17) is 19.9 Å². The first kappa shape index (κ1) is 22.7. The van der Waals surface area contributed by atoms with Gasteiger partial charge in [-0.05, 0) is 29.3 Å². The predicted octanol–water partition coefficient (Wildman–Crippen LogP) is 6.08. The molecule has 0 saturated heterocycles. The molecule has 2 aromatic heterocycles. The zero-order valence-corrected chi connectivity index (χ0v) is 21.1. The van der Waals surface area contributed by atoms with E-state index >= 15 is 0 Å². The van der Waals surface area contributed by atoms with Gasteiger partial charge in [0.05, 0.1) is 6.33 Å². The van der Waals surface area contributed by atoms with Crippen molar-refractivity contribution in [1.29, 1.82) is 5.41 Å². The molecule has 1 aliphatic heterocycles. The molecule has 0 bridgehead atoms. The number of ether oxygens (including phenoxy) is 2. The number of H-pyrrole nitrogens is 1. The molecule has 4 aromatic rings. The van der Waals surface area contributed by atoms with Crippen LogP contribution in [0.1, 0.15) is 37.2 Å². The van der Waals surface area contributed by atoms with E-state index in [-0.39, 0.29) is 5.49 Å². The van der Waals surface area contributed by atoms with Crippen LogP contribution in [0.25, 0.3) is 11.2 Å². The molecular weight excluding hydrogens is 514 g/mol. The van der Waals surface area contributed by atoms with E-state index in [1.54, 1.807) is 12.6 Å².